The number of imidazole rings is 1. The van der Waals surface area contributed by atoms with Crippen LogP contribution < -0.4 is 11.6 Å². The van der Waals surface area contributed by atoms with Crippen molar-refractivity contribution in [2.45, 2.75) is 19.8 Å². The average molecular weight is 140 g/mol. The molecule has 1 rings (SSSR count). The van der Waals surface area contributed by atoms with Crippen LogP contribution in [0.4, 0.5) is 5.82 Å². The molecule has 1 heterocycles. The van der Waals surface area contributed by atoms with Gasteiger partial charge in [0.1, 0.15) is 12.1 Å². The second-order valence-electron chi connectivity index (χ2n) is 2.23. The SMILES string of the molecule is CCCc1ncn(N)c1N. The summed E-state index contributed by atoms with van der Waals surface area (Å²) in [5, 5.41) is 0. The van der Waals surface area contributed by atoms with E-state index in [1.165, 1.54) is 11.0 Å². The van der Waals surface area contributed by atoms with Gasteiger partial charge in [-0.25, -0.2) is 9.66 Å². The van der Waals surface area contributed by atoms with Gasteiger partial charge in [-0.15, -0.1) is 0 Å². The number of rotatable bonds is 2. The molecule has 0 aliphatic rings. The molecule has 10 heavy (non-hydrogen) atoms. The smallest absolute Gasteiger partial charge is 0.145 e. The molecule has 4 heteroatoms. The first-order chi connectivity index (χ1) is 4.75. The monoisotopic (exact) mass is 140 g/mol. The first-order valence-corrected chi connectivity index (χ1v) is 3.32. The number of hydrogen-bond acceptors (Lipinski definition) is 3. The van der Waals surface area contributed by atoms with Crippen molar-refractivity contribution in [2.75, 3.05) is 11.6 Å². The molecule has 4 nitrogen and oxygen atoms in total. The Kier molecular flexibility index (Phi) is 1.80. The number of aryl methyl sites for hydroxylation is 1. The maximum atomic E-state index is 5.56. The second kappa shape index (κ2) is 2.60. The van der Waals surface area contributed by atoms with Crippen molar-refractivity contribution >= 4 is 5.82 Å². The molecule has 0 amide bonds. The van der Waals surface area contributed by atoms with Crippen LogP contribution in [0.15, 0.2) is 6.33 Å². The highest BCUT2D eigenvalue weighted by atomic mass is 15.3. The van der Waals surface area contributed by atoms with E-state index in [0.717, 1.165) is 18.5 Å². The minimum Gasteiger partial charge on any atom is -0.382 e. The molecule has 1 aromatic heterocycles. The normalized spacial score (nSPS) is 10.1. The quantitative estimate of drug-likeness (QED) is 0.574. The van der Waals surface area contributed by atoms with Crippen LogP contribution in [0, 0.1) is 0 Å². The lowest BCUT2D eigenvalue weighted by molar-refractivity contribution is 0.894. The second-order valence-corrected chi connectivity index (χ2v) is 2.23. The lowest BCUT2D eigenvalue weighted by Gasteiger charge is -1.95. The molecule has 0 unspecified atom stereocenters. The molecule has 0 spiro atoms. The van der Waals surface area contributed by atoms with Crippen LogP contribution in [0.1, 0.15) is 19.0 Å². The lowest BCUT2D eigenvalue weighted by Crippen LogP contribution is -2.10. The molecular weight excluding hydrogens is 128 g/mol. The van der Waals surface area contributed by atoms with Crippen molar-refractivity contribution in [1.82, 2.24) is 9.66 Å². The van der Waals surface area contributed by atoms with E-state index in [1.54, 1.807) is 0 Å². The molecule has 0 aliphatic carbocycles. The Bertz CT molecular complexity index is 216. The Morgan fingerprint density at radius 2 is 2.40 bits per heavy atom. The van der Waals surface area contributed by atoms with Gasteiger partial charge in [0.05, 0.1) is 5.69 Å². The van der Waals surface area contributed by atoms with Crippen molar-refractivity contribution in [2.24, 2.45) is 0 Å². The summed E-state index contributed by atoms with van der Waals surface area (Å²) < 4.78 is 1.34. The Morgan fingerprint density at radius 3 is 2.80 bits per heavy atom. The summed E-state index contributed by atoms with van der Waals surface area (Å²) in [6, 6.07) is 0. The minimum atomic E-state index is 0.571. The van der Waals surface area contributed by atoms with Gasteiger partial charge in [0.2, 0.25) is 0 Å². The molecule has 0 aliphatic heterocycles. The Balaban J connectivity index is 2.83. The van der Waals surface area contributed by atoms with Crippen LogP contribution in [0.3, 0.4) is 0 Å². The number of nitrogen functional groups attached to an aromatic ring is 2. The molecule has 0 fully saturated rings. The topological polar surface area (TPSA) is 69.9 Å². The van der Waals surface area contributed by atoms with Gasteiger partial charge in [-0.1, -0.05) is 13.3 Å². The van der Waals surface area contributed by atoms with Crippen LogP contribution in [0.25, 0.3) is 0 Å². The van der Waals surface area contributed by atoms with Crippen LogP contribution in [0.5, 0.6) is 0 Å². The van der Waals surface area contributed by atoms with E-state index in [-0.39, 0.29) is 0 Å². The van der Waals surface area contributed by atoms with E-state index in [4.69, 9.17) is 11.6 Å². The fourth-order valence-corrected chi connectivity index (χ4v) is 0.839. The molecule has 4 N–H and O–H groups in total. The molecule has 1 aromatic rings. The van der Waals surface area contributed by atoms with Crippen LogP contribution >= 0.6 is 0 Å². The predicted molar refractivity (Wildman–Crippen MR) is 40.8 cm³/mol. The van der Waals surface area contributed by atoms with Crippen LogP contribution in [-0.2, 0) is 6.42 Å². The van der Waals surface area contributed by atoms with E-state index in [0.29, 0.717) is 5.82 Å². The van der Waals surface area contributed by atoms with Crippen molar-refractivity contribution in [3.8, 4) is 0 Å². The van der Waals surface area contributed by atoms with E-state index < -0.39 is 0 Å². The molecule has 0 atom stereocenters. The minimum absolute atomic E-state index is 0.571. The Labute approximate surface area is 59.8 Å². The lowest BCUT2D eigenvalue weighted by atomic mass is 10.2. The van der Waals surface area contributed by atoms with Gasteiger partial charge < -0.3 is 11.6 Å². The van der Waals surface area contributed by atoms with E-state index in [9.17, 15) is 0 Å². The Morgan fingerprint density at radius 1 is 1.70 bits per heavy atom. The molecule has 0 aromatic carbocycles. The molecule has 0 bridgehead atoms. The third-order valence-electron chi connectivity index (χ3n) is 1.40. The van der Waals surface area contributed by atoms with Gasteiger partial charge >= 0.3 is 0 Å². The van der Waals surface area contributed by atoms with Crippen molar-refractivity contribution in [1.29, 1.82) is 0 Å². The first kappa shape index (κ1) is 6.92. The third-order valence-corrected chi connectivity index (χ3v) is 1.40. The number of nitrogens with zero attached hydrogens (tertiary/aromatic N) is 2. The fourth-order valence-electron chi connectivity index (χ4n) is 0.839. The summed E-state index contributed by atoms with van der Waals surface area (Å²) in [4.78, 5) is 4.02. The number of nitrogens with two attached hydrogens (primary N) is 2. The summed E-state index contributed by atoms with van der Waals surface area (Å²) in [7, 11) is 0. The third kappa shape index (κ3) is 1.05. The molecular formula is C6H12N4. The Hall–Kier alpha value is -1.19. The zero-order valence-electron chi connectivity index (χ0n) is 6.04. The van der Waals surface area contributed by atoms with Crippen LogP contribution in [-0.4, -0.2) is 9.66 Å². The number of hydrogen-bond donors (Lipinski definition) is 2. The fraction of sp³-hybridized carbons (Fsp3) is 0.500. The number of aromatic nitrogens is 2. The summed E-state index contributed by atoms with van der Waals surface area (Å²) in [5.74, 6) is 5.97. The standard InChI is InChI=1S/C6H12N4/c1-2-3-5-6(7)10(8)4-9-5/h4H,2-3,7-8H2,1H3. The largest absolute Gasteiger partial charge is 0.382 e. The highest BCUT2D eigenvalue weighted by Crippen LogP contribution is 2.07. The van der Waals surface area contributed by atoms with Crippen molar-refractivity contribution < 1.29 is 0 Å². The van der Waals surface area contributed by atoms with E-state index in [1.807, 2.05) is 0 Å². The van der Waals surface area contributed by atoms with E-state index in [2.05, 4.69) is 11.9 Å². The molecule has 0 saturated carbocycles. The predicted octanol–water partition coefficient (Wildman–Crippen LogP) is 0.132. The van der Waals surface area contributed by atoms with Gasteiger partial charge in [-0.2, -0.15) is 0 Å². The first-order valence-electron chi connectivity index (χ1n) is 3.32. The summed E-state index contributed by atoms with van der Waals surface area (Å²) in [5.41, 5.74) is 6.46. The van der Waals surface area contributed by atoms with Gasteiger partial charge in [-0.3, -0.25) is 0 Å². The van der Waals surface area contributed by atoms with Gasteiger partial charge in [0, 0.05) is 0 Å². The zero-order valence-corrected chi connectivity index (χ0v) is 6.04. The highest BCUT2D eigenvalue weighted by Gasteiger charge is 2.02. The summed E-state index contributed by atoms with van der Waals surface area (Å²) in [6.07, 6.45) is 3.47. The number of anilines is 1. The summed E-state index contributed by atoms with van der Waals surface area (Å²) in [6.45, 7) is 2.08. The van der Waals surface area contributed by atoms with Crippen molar-refractivity contribution in [3.05, 3.63) is 12.0 Å². The highest BCUT2D eigenvalue weighted by molar-refractivity contribution is 5.35. The average Bonchev–Trinajstić information content (AvgIpc) is 2.20. The maximum Gasteiger partial charge on any atom is 0.145 e. The molecule has 56 valence electrons. The van der Waals surface area contributed by atoms with Gasteiger partial charge in [-0.05, 0) is 6.42 Å². The van der Waals surface area contributed by atoms with Crippen molar-refractivity contribution in [3.63, 3.8) is 0 Å². The molecule has 0 radical (unpaired) electrons. The van der Waals surface area contributed by atoms with Crippen LogP contribution in [0.2, 0.25) is 0 Å². The zero-order chi connectivity index (χ0) is 7.56. The summed E-state index contributed by atoms with van der Waals surface area (Å²) >= 11 is 0. The van der Waals surface area contributed by atoms with E-state index >= 15 is 0 Å². The van der Waals surface area contributed by atoms with Gasteiger partial charge in [0.15, 0.2) is 0 Å². The van der Waals surface area contributed by atoms with Gasteiger partial charge in [0.25, 0.3) is 0 Å². The molecule has 0 saturated heterocycles. The maximum absolute atomic E-state index is 5.56.